The molecule has 4 saturated carbocycles. The Hall–Kier alpha value is -2.35. The van der Waals surface area contributed by atoms with E-state index in [1.165, 1.54) is 117 Å². The standard InChI is InChI=1S/C48H70N2/c1-28-17-13-18-29(2)40(28)38-27-39(41-30(3)19-14-20-31(41)4)49-47(38)45(37-25-11-10-12-26-37)48-44(42-32(5)21-15-22-33(42)6)36(9)46(50-48)43-34(7)23-16-24-35(43)8/h10-12,25-35,40-43,49H,13-24H2,1-9H3/b48-45-. The van der Waals surface area contributed by atoms with Crippen molar-refractivity contribution in [1.82, 2.24) is 4.98 Å². The predicted octanol–water partition coefficient (Wildman–Crippen LogP) is 13.8. The van der Waals surface area contributed by atoms with Crippen molar-refractivity contribution in [3.63, 3.8) is 0 Å². The number of aromatic amines is 1. The van der Waals surface area contributed by atoms with Crippen molar-refractivity contribution in [3.8, 4) is 0 Å². The van der Waals surface area contributed by atoms with E-state index in [1.54, 1.807) is 11.1 Å². The number of nitrogens with zero attached hydrogens (tertiary/aromatic N) is 1. The van der Waals surface area contributed by atoms with Gasteiger partial charge in [-0.15, -0.1) is 0 Å². The van der Waals surface area contributed by atoms with Crippen LogP contribution in [-0.2, 0) is 0 Å². The van der Waals surface area contributed by atoms with E-state index in [-0.39, 0.29) is 0 Å². The first kappa shape index (κ1) is 36.0. The lowest BCUT2D eigenvalue weighted by Gasteiger charge is -2.38. The van der Waals surface area contributed by atoms with E-state index in [0.717, 1.165) is 0 Å². The molecule has 2 heteroatoms. The van der Waals surface area contributed by atoms with Crippen molar-refractivity contribution in [2.24, 2.45) is 64.2 Å². The molecule has 2 heterocycles. The molecule has 0 amide bonds. The summed E-state index contributed by atoms with van der Waals surface area (Å²) in [6.07, 6.45) is 16.1. The average molecular weight is 675 g/mol. The summed E-state index contributed by atoms with van der Waals surface area (Å²) in [7, 11) is 0. The van der Waals surface area contributed by atoms with Crippen molar-refractivity contribution < 1.29 is 0 Å². The van der Waals surface area contributed by atoms with Crippen molar-refractivity contribution >= 4 is 11.3 Å². The molecule has 7 rings (SSSR count). The monoisotopic (exact) mass is 675 g/mol. The fourth-order valence-corrected chi connectivity index (χ4v) is 12.7. The van der Waals surface area contributed by atoms with Crippen molar-refractivity contribution in [3.05, 3.63) is 75.8 Å². The maximum absolute atomic E-state index is 6.05. The Morgan fingerprint density at radius 3 is 1.50 bits per heavy atom. The van der Waals surface area contributed by atoms with Crippen LogP contribution in [0.4, 0.5) is 0 Å². The highest BCUT2D eigenvalue weighted by Gasteiger charge is 2.43. The zero-order valence-corrected chi connectivity index (χ0v) is 33.3. The van der Waals surface area contributed by atoms with Crippen LogP contribution in [0.1, 0.15) is 174 Å². The Bertz CT molecular complexity index is 1540. The van der Waals surface area contributed by atoms with Gasteiger partial charge >= 0.3 is 0 Å². The third-order valence-corrected chi connectivity index (χ3v) is 15.2. The highest BCUT2D eigenvalue weighted by atomic mass is 14.9. The maximum Gasteiger partial charge on any atom is 0.0770 e. The van der Waals surface area contributed by atoms with E-state index in [2.05, 4.69) is 104 Å². The summed E-state index contributed by atoms with van der Waals surface area (Å²) in [6, 6.07) is 14.2. The molecular weight excluding hydrogens is 605 g/mol. The van der Waals surface area contributed by atoms with Gasteiger partial charge in [0.25, 0.3) is 0 Å². The number of hydrogen-bond donors (Lipinski definition) is 1. The minimum atomic E-state index is 0.545. The summed E-state index contributed by atoms with van der Waals surface area (Å²) >= 11 is 0. The molecule has 8 unspecified atom stereocenters. The van der Waals surface area contributed by atoms with Crippen LogP contribution in [0.5, 0.6) is 0 Å². The van der Waals surface area contributed by atoms with Crippen LogP contribution in [0.25, 0.3) is 5.57 Å². The van der Waals surface area contributed by atoms with E-state index in [4.69, 9.17) is 4.99 Å². The van der Waals surface area contributed by atoms with Crippen LogP contribution in [0.15, 0.2) is 58.2 Å². The molecule has 1 aromatic carbocycles. The van der Waals surface area contributed by atoms with Crippen LogP contribution in [-0.4, -0.2) is 10.7 Å². The van der Waals surface area contributed by atoms with Crippen LogP contribution in [0.2, 0.25) is 0 Å². The molecule has 2 nitrogen and oxygen atoms in total. The van der Waals surface area contributed by atoms with E-state index < -0.39 is 0 Å². The summed E-state index contributed by atoms with van der Waals surface area (Å²) < 4.78 is 0. The molecular formula is C48H70N2. The Morgan fingerprint density at radius 2 is 1.00 bits per heavy atom. The van der Waals surface area contributed by atoms with Gasteiger partial charge in [-0.3, -0.25) is 4.99 Å². The molecule has 2 aromatic rings. The van der Waals surface area contributed by atoms with Gasteiger partial charge in [0.15, 0.2) is 0 Å². The summed E-state index contributed by atoms with van der Waals surface area (Å²) in [5.41, 5.74) is 13.2. The quantitative estimate of drug-likeness (QED) is 0.316. The minimum absolute atomic E-state index is 0.545. The maximum atomic E-state index is 6.05. The molecule has 50 heavy (non-hydrogen) atoms. The van der Waals surface area contributed by atoms with Gasteiger partial charge in [-0.1, -0.05) is 163 Å². The first-order valence-corrected chi connectivity index (χ1v) is 21.4. The number of H-pyrrole nitrogens is 1. The molecule has 1 aromatic heterocycles. The molecule has 5 aliphatic rings. The van der Waals surface area contributed by atoms with Gasteiger partial charge in [0.1, 0.15) is 0 Å². The van der Waals surface area contributed by atoms with Gasteiger partial charge in [0, 0.05) is 28.8 Å². The number of nitrogens with one attached hydrogen (secondary N) is 1. The first-order valence-electron chi connectivity index (χ1n) is 21.4. The van der Waals surface area contributed by atoms with E-state index in [1.807, 2.05) is 0 Å². The zero-order chi connectivity index (χ0) is 35.3. The largest absolute Gasteiger partial charge is 0.358 e. The molecule has 1 N–H and O–H groups in total. The fourth-order valence-electron chi connectivity index (χ4n) is 12.7. The van der Waals surface area contributed by atoms with Crippen LogP contribution in [0.3, 0.4) is 0 Å². The number of benzene rings is 1. The molecule has 1 aliphatic heterocycles. The smallest absolute Gasteiger partial charge is 0.0770 e. The van der Waals surface area contributed by atoms with Gasteiger partial charge in [-0.05, 0) is 94.4 Å². The van der Waals surface area contributed by atoms with Gasteiger partial charge in [-0.2, -0.15) is 0 Å². The van der Waals surface area contributed by atoms with E-state index in [0.29, 0.717) is 71.0 Å². The highest BCUT2D eigenvalue weighted by molar-refractivity contribution is 6.08. The lowest BCUT2D eigenvalue weighted by molar-refractivity contribution is 0.214. The Labute approximate surface area is 306 Å². The number of rotatable bonds is 6. The fraction of sp³-hybridized carbons (Fsp3) is 0.688. The molecule has 0 saturated heterocycles. The summed E-state index contributed by atoms with van der Waals surface area (Å²) in [4.78, 5) is 10.4. The van der Waals surface area contributed by atoms with Crippen molar-refractivity contribution in [2.45, 2.75) is 151 Å². The Balaban J connectivity index is 1.53. The second kappa shape index (κ2) is 14.9. The highest BCUT2D eigenvalue weighted by Crippen LogP contribution is 2.53. The number of hydrogen-bond acceptors (Lipinski definition) is 1. The molecule has 272 valence electrons. The van der Waals surface area contributed by atoms with Gasteiger partial charge < -0.3 is 4.98 Å². The number of aromatic nitrogens is 1. The molecule has 0 bridgehead atoms. The molecule has 0 spiro atoms. The van der Waals surface area contributed by atoms with Crippen LogP contribution >= 0.6 is 0 Å². The Morgan fingerprint density at radius 1 is 0.560 bits per heavy atom. The SMILES string of the molecule is CC1=C(C2C(C)CCCC2C)/C(=C(\c2ccccc2)c2[nH]c(C3C(C)CCCC3C)cc2C2C(C)CCCC2C)N=C1C1C(C)CCCC1C. The topological polar surface area (TPSA) is 28.1 Å². The van der Waals surface area contributed by atoms with Crippen molar-refractivity contribution in [1.29, 1.82) is 0 Å². The normalized spacial score (nSPS) is 39.4. The zero-order valence-electron chi connectivity index (χ0n) is 33.3. The minimum Gasteiger partial charge on any atom is -0.358 e. The summed E-state index contributed by atoms with van der Waals surface area (Å²) in [5, 5.41) is 0. The lowest BCUT2D eigenvalue weighted by Crippen LogP contribution is -2.32. The van der Waals surface area contributed by atoms with Crippen molar-refractivity contribution in [2.75, 3.05) is 0 Å². The second-order valence-electron chi connectivity index (χ2n) is 18.8. The number of aliphatic imine (C=N–C) groups is 1. The van der Waals surface area contributed by atoms with Gasteiger partial charge in [-0.25, -0.2) is 0 Å². The van der Waals surface area contributed by atoms with E-state index >= 15 is 0 Å². The molecule has 4 fully saturated rings. The first-order chi connectivity index (χ1) is 24.1. The molecule has 4 aliphatic carbocycles. The molecule has 8 atom stereocenters. The molecule has 0 radical (unpaired) electrons. The van der Waals surface area contributed by atoms with Crippen LogP contribution < -0.4 is 0 Å². The second-order valence-corrected chi connectivity index (χ2v) is 18.8. The lowest BCUT2D eigenvalue weighted by atomic mass is 9.66. The third kappa shape index (κ3) is 6.58. The van der Waals surface area contributed by atoms with E-state index in [9.17, 15) is 0 Å². The number of allylic oxidation sites excluding steroid dienone is 2. The van der Waals surface area contributed by atoms with Crippen LogP contribution in [0, 0.1) is 59.2 Å². The average Bonchev–Trinajstić information content (AvgIpc) is 3.63. The predicted molar refractivity (Wildman–Crippen MR) is 215 cm³/mol. The van der Waals surface area contributed by atoms with Gasteiger partial charge in [0.2, 0.25) is 0 Å². The van der Waals surface area contributed by atoms with Gasteiger partial charge in [0.05, 0.1) is 11.4 Å². The third-order valence-electron chi connectivity index (χ3n) is 15.2. The summed E-state index contributed by atoms with van der Waals surface area (Å²) in [6.45, 7) is 22.8. The summed E-state index contributed by atoms with van der Waals surface area (Å²) in [5.74, 6) is 7.76. The Kier molecular flexibility index (Phi) is 10.8.